The molecule has 5 heteroatoms. The van der Waals surface area contributed by atoms with E-state index in [0.717, 1.165) is 0 Å². The number of carbonyl (C=O) groups is 2. The number of amides is 1. The zero-order valence-electron chi connectivity index (χ0n) is 9.18. The molecule has 0 aromatic heterocycles. The topological polar surface area (TPSA) is 66.4 Å². The molecule has 17 heavy (non-hydrogen) atoms. The van der Waals surface area contributed by atoms with Crippen LogP contribution in [0.4, 0.5) is 0 Å². The molecule has 0 bridgehead atoms. The molecule has 1 amide bonds. The van der Waals surface area contributed by atoms with Crippen molar-refractivity contribution in [1.82, 2.24) is 5.32 Å². The first kappa shape index (κ1) is 13.3. The lowest BCUT2D eigenvalue weighted by Crippen LogP contribution is -2.37. The summed E-state index contributed by atoms with van der Waals surface area (Å²) in [5.74, 6) is -1.55. The fraction of sp³-hybridized carbons (Fsp3) is 0.167. The van der Waals surface area contributed by atoms with Gasteiger partial charge in [0.05, 0.1) is 0 Å². The SMILES string of the molecule is C[C@@H](NC(=O)C=Cc1ccccc1Cl)C(=O)O. The lowest BCUT2D eigenvalue weighted by molar-refractivity contribution is -0.140. The van der Waals surface area contributed by atoms with E-state index in [4.69, 9.17) is 16.7 Å². The van der Waals surface area contributed by atoms with E-state index in [1.54, 1.807) is 24.3 Å². The number of carbonyl (C=O) groups excluding carboxylic acids is 1. The van der Waals surface area contributed by atoms with Crippen LogP contribution in [-0.4, -0.2) is 23.0 Å². The highest BCUT2D eigenvalue weighted by atomic mass is 35.5. The van der Waals surface area contributed by atoms with Gasteiger partial charge in [0.1, 0.15) is 6.04 Å². The molecule has 0 fully saturated rings. The van der Waals surface area contributed by atoms with Gasteiger partial charge >= 0.3 is 5.97 Å². The summed E-state index contributed by atoms with van der Waals surface area (Å²) in [6.45, 7) is 1.39. The number of halogens is 1. The van der Waals surface area contributed by atoms with Gasteiger partial charge in [-0.2, -0.15) is 0 Å². The molecule has 0 heterocycles. The first-order valence-electron chi connectivity index (χ1n) is 4.96. The summed E-state index contributed by atoms with van der Waals surface area (Å²) in [4.78, 5) is 21.8. The predicted octanol–water partition coefficient (Wildman–Crippen LogP) is 1.94. The van der Waals surface area contributed by atoms with E-state index in [0.29, 0.717) is 10.6 Å². The van der Waals surface area contributed by atoms with Gasteiger partial charge in [0.25, 0.3) is 0 Å². The largest absolute Gasteiger partial charge is 0.480 e. The number of benzene rings is 1. The molecule has 1 rings (SSSR count). The fourth-order valence-electron chi connectivity index (χ4n) is 1.10. The van der Waals surface area contributed by atoms with Crippen molar-refractivity contribution in [1.29, 1.82) is 0 Å². The molecule has 0 saturated heterocycles. The van der Waals surface area contributed by atoms with E-state index in [1.807, 2.05) is 0 Å². The highest BCUT2D eigenvalue weighted by molar-refractivity contribution is 6.32. The van der Waals surface area contributed by atoms with E-state index in [9.17, 15) is 9.59 Å². The lowest BCUT2D eigenvalue weighted by atomic mass is 10.2. The molecule has 90 valence electrons. The first-order chi connectivity index (χ1) is 8.00. The second-order valence-corrected chi connectivity index (χ2v) is 3.83. The second kappa shape index (κ2) is 6.06. The molecule has 0 saturated carbocycles. The molecule has 0 unspecified atom stereocenters. The second-order valence-electron chi connectivity index (χ2n) is 3.42. The molecule has 0 aliphatic rings. The van der Waals surface area contributed by atoms with Crippen LogP contribution in [0.5, 0.6) is 0 Å². The van der Waals surface area contributed by atoms with Crippen molar-refractivity contribution in [2.45, 2.75) is 13.0 Å². The van der Waals surface area contributed by atoms with E-state index in [1.165, 1.54) is 19.1 Å². The summed E-state index contributed by atoms with van der Waals surface area (Å²) in [5.41, 5.74) is 0.701. The van der Waals surface area contributed by atoms with Crippen molar-refractivity contribution in [3.05, 3.63) is 40.9 Å². The number of nitrogens with one attached hydrogen (secondary N) is 1. The van der Waals surface area contributed by atoms with Crippen molar-refractivity contribution in [2.75, 3.05) is 0 Å². The number of hydrogen-bond donors (Lipinski definition) is 2. The standard InChI is InChI=1S/C12H12ClNO3/c1-8(12(16)17)14-11(15)7-6-9-4-2-3-5-10(9)13/h2-8H,1H3,(H,14,15)(H,16,17)/t8-/m1/s1. The molecule has 4 nitrogen and oxygen atoms in total. The molecule has 0 spiro atoms. The van der Waals surface area contributed by atoms with Gasteiger partial charge < -0.3 is 10.4 Å². The van der Waals surface area contributed by atoms with Crippen LogP contribution >= 0.6 is 11.6 Å². The third kappa shape index (κ3) is 4.28. The Hall–Kier alpha value is -1.81. The van der Waals surface area contributed by atoms with Gasteiger partial charge in [-0.25, -0.2) is 0 Å². The van der Waals surface area contributed by atoms with Gasteiger partial charge in [0.2, 0.25) is 5.91 Å². The van der Waals surface area contributed by atoms with Crippen molar-refractivity contribution in [3.8, 4) is 0 Å². The minimum atomic E-state index is -1.08. The van der Waals surface area contributed by atoms with E-state index in [2.05, 4.69) is 5.32 Å². The fourth-order valence-corrected chi connectivity index (χ4v) is 1.30. The van der Waals surface area contributed by atoms with Crippen LogP contribution in [0.1, 0.15) is 12.5 Å². The summed E-state index contributed by atoms with van der Waals surface area (Å²) in [6, 6.07) is 6.12. The van der Waals surface area contributed by atoms with Gasteiger partial charge in [-0.15, -0.1) is 0 Å². The predicted molar refractivity (Wildman–Crippen MR) is 65.7 cm³/mol. The maximum atomic E-state index is 11.3. The minimum absolute atomic E-state index is 0.472. The molecule has 1 aromatic carbocycles. The molecule has 2 N–H and O–H groups in total. The van der Waals surface area contributed by atoms with Crippen molar-refractivity contribution >= 4 is 29.6 Å². The van der Waals surface area contributed by atoms with Crippen molar-refractivity contribution < 1.29 is 14.7 Å². The Morgan fingerprint density at radius 3 is 2.65 bits per heavy atom. The molecule has 0 radical (unpaired) electrons. The van der Waals surface area contributed by atoms with Gasteiger partial charge in [0, 0.05) is 11.1 Å². The Bertz CT molecular complexity index is 457. The average Bonchev–Trinajstić information content (AvgIpc) is 2.27. The monoisotopic (exact) mass is 253 g/mol. The Labute approximate surface area is 104 Å². The van der Waals surface area contributed by atoms with Crippen molar-refractivity contribution in [2.24, 2.45) is 0 Å². The van der Waals surface area contributed by atoms with Crippen LogP contribution in [0.3, 0.4) is 0 Å². The third-order valence-electron chi connectivity index (χ3n) is 2.05. The van der Waals surface area contributed by atoms with Crippen molar-refractivity contribution in [3.63, 3.8) is 0 Å². The minimum Gasteiger partial charge on any atom is -0.480 e. The molecular formula is C12H12ClNO3. The summed E-state index contributed by atoms with van der Waals surface area (Å²) >= 11 is 5.89. The number of aliphatic carboxylic acids is 1. The number of hydrogen-bond acceptors (Lipinski definition) is 2. The average molecular weight is 254 g/mol. The van der Waals surface area contributed by atoms with Gasteiger partial charge in [-0.05, 0) is 24.6 Å². The zero-order chi connectivity index (χ0) is 12.8. The van der Waals surface area contributed by atoms with Gasteiger partial charge in [0.15, 0.2) is 0 Å². The summed E-state index contributed by atoms with van der Waals surface area (Å²) in [5, 5.41) is 11.4. The van der Waals surface area contributed by atoms with Crippen LogP contribution in [0, 0.1) is 0 Å². The van der Waals surface area contributed by atoms with Gasteiger partial charge in [-0.3, -0.25) is 9.59 Å². The molecular weight excluding hydrogens is 242 g/mol. The van der Waals surface area contributed by atoms with Crippen LogP contribution in [0.25, 0.3) is 6.08 Å². The maximum absolute atomic E-state index is 11.3. The highest BCUT2D eigenvalue weighted by Crippen LogP contribution is 2.15. The highest BCUT2D eigenvalue weighted by Gasteiger charge is 2.11. The Morgan fingerprint density at radius 1 is 1.41 bits per heavy atom. The summed E-state index contributed by atoms with van der Waals surface area (Å²) < 4.78 is 0. The summed E-state index contributed by atoms with van der Waals surface area (Å²) in [6.07, 6.45) is 2.78. The lowest BCUT2D eigenvalue weighted by Gasteiger charge is -2.06. The van der Waals surface area contributed by atoms with Crippen LogP contribution in [0.2, 0.25) is 5.02 Å². The number of carboxylic acids is 1. The molecule has 0 aliphatic heterocycles. The molecule has 0 aliphatic carbocycles. The normalized spacial score (nSPS) is 12.4. The third-order valence-corrected chi connectivity index (χ3v) is 2.39. The number of rotatable bonds is 4. The Morgan fingerprint density at radius 2 is 2.06 bits per heavy atom. The Balaban J connectivity index is 2.63. The number of carboxylic acid groups (broad SMARTS) is 1. The molecule has 1 aromatic rings. The van der Waals surface area contributed by atoms with Crippen LogP contribution in [-0.2, 0) is 9.59 Å². The maximum Gasteiger partial charge on any atom is 0.325 e. The smallest absolute Gasteiger partial charge is 0.325 e. The Kier molecular flexibility index (Phi) is 4.72. The first-order valence-corrected chi connectivity index (χ1v) is 5.34. The molecule has 1 atom stereocenters. The van der Waals surface area contributed by atoms with E-state index < -0.39 is 17.9 Å². The van der Waals surface area contributed by atoms with E-state index >= 15 is 0 Å². The zero-order valence-corrected chi connectivity index (χ0v) is 9.94. The quantitative estimate of drug-likeness (QED) is 0.806. The summed E-state index contributed by atoms with van der Waals surface area (Å²) in [7, 11) is 0. The van der Waals surface area contributed by atoms with E-state index in [-0.39, 0.29) is 0 Å². The van der Waals surface area contributed by atoms with Crippen LogP contribution in [0.15, 0.2) is 30.3 Å². The van der Waals surface area contributed by atoms with Crippen LogP contribution < -0.4 is 5.32 Å². The van der Waals surface area contributed by atoms with Gasteiger partial charge in [-0.1, -0.05) is 29.8 Å².